The number of rotatable bonds is 7. The van der Waals surface area contributed by atoms with E-state index in [0.29, 0.717) is 17.6 Å². The fourth-order valence-electron chi connectivity index (χ4n) is 3.32. The van der Waals surface area contributed by atoms with Crippen molar-refractivity contribution in [3.63, 3.8) is 0 Å². The van der Waals surface area contributed by atoms with Gasteiger partial charge in [-0.15, -0.1) is 0 Å². The van der Waals surface area contributed by atoms with Crippen LogP contribution in [0.1, 0.15) is 47.0 Å². The Morgan fingerprint density at radius 2 is 1.89 bits per heavy atom. The molecule has 2 saturated heterocycles. The van der Waals surface area contributed by atoms with E-state index in [4.69, 9.17) is 4.74 Å². The lowest BCUT2D eigenvalue weighted by Gasteiger charge is -2.39. The number of nitrogens with one attached hydrogen (secondary N) is 1. The number of morpholine rings is 1. The molecule has 3 nitrogen and oxygen atoms in total. The van der Waals surface area contributed by atoms with Crippen LogP contribution in [0.3, 0.4) is 0 Å². The Bertz CT molecular complexity index is 270. The van der Waals surface area contributed by atoms with Crippen molar-refractivity contribution in [1.82, 2.24) is 10.2 Å². The van der Waals surface area contributed by atoms with Gasteiger partial charge in [0.1, 0.15) is 0 Å². The monoisotopic (exact) mass is 268 g/mol. The Balaban J connectivity index is 1.80. The maximum absolute atomic E-state index is 5.93. The number of fused-ring (bicyclic) bond motifs is 2. The van der Waals surface area contributed by atoms with Gasteiger partial charge in [0.15, 0.2) is 0 Å². The summed E-state index contributed by atoms with van der Waals surface area (Å²) in [5.41, 5.74) is 0.395. The van der Waals surface area contributed by atoms with Gasteiger partial charge in [-0.2, -0.15) is 0 Å². The molecule has 3 heteroatoms. The Labute approximate surface area is 119 Å². The molecule has 0 saturated carbocycles. The van der Waals surface area contributed by atoms with Crippen molar-refractivity contribution in [1.29, 1.82) is 0 Å². The van der Waals surface area contributed by atoms with Crippen LogP contribution in [0.15, 0.2) is 0 Å². The van der Waals surface area contributed by atoms with E-state index in [-0.39, 0.29) is 0 Å². The highest BCUT2D eigenvalue weighted by Gasteiger charge is 2.36. The van der Waals surface area contributed by atoms with Crippen LogP contribution < -0.4 is 5.32 Å². The molecule has 2 fully saturated rings. The van der Waals surface area contributed by atoms with Crippen molar-refractivity contribution in [3.8, 4) is 0 Å². The van der Waals surface area contributed by atoms with E-state index in [9.17, 15) is 0 Å². The summed E-state index contributed by atoms with van der Waals surface area (Å²) in [5.74, 6) is 0.736. The van der Waals surface area contributed by atoms with Crippen molar-refractivity contribution < 1.29 is 4.74 Å². The van der Waals surface area contributed by atoms with Crippen LogP contribution >= 0.6 is 0 Å². The lowest BCUT2D eigenvalue weighted by molar-refractivity contribution is -0.0494. The Morgan fingerprint density at radius 3 is 2.42 bits per heavy atom. The molecule has 2 heterocycles. The molecule has 19 heavy (non-hydrogen) atoms. The van der Waals surface area contributed by atoms with Gasteiger partial charge in [-0.25, -0.2) is 0 Å². The number of hydrogen-bond donors (Lipinski definition) is 1. The van der Waals surface area contributed by atoms with Crippen LogP contribution in [0.2, 0.25) is 0 Å². The average molecular weight is 268 g/mol. The number of hydrogen-bond acceptors (Lipinski definition) is 3. The van der Waals surface area contributed by atoms with Crippen LogP contribution in [-0.2, 0) is 4.74 Å². The molecular formula is C16H32N2O. The summed E-state index contributed by atoms with van der Waals surface area (Å²) in [6.07, 6.45) is 4.82. The Morgan fingerprint density at radius 1 is 1.26 bits per heavy atom. The normalized spacial score (nSPS) is 30.8. The fourth-order valence-corrected chi connectivity index (χ4v) is 3.32. The van der Waals surface area contributed by atoms with E-state index in [2.05, 4.69) is 37.9 Å². The van der Waals surface area contributed by atoms with Gasteiger partial charge in [0.25, 0.3) is 0 Å². The van der Waals surface area contributed by atoms with Crippen LogP contribution in [0.4, 0.5) is 0 Å². The Hall–Kier alpha value is -0.120. The number of nitrogens with zero attached hydrogens (tertiary/aromatic N) is 1. The summed E-state index contributed by atoms with van der Waals surface area (Å²) in [5, 5.41) is 3.65. The predicted molar refractivity (Wildman–Crippen MR) is 80.4 cm³/mol. The molecule has 0 aliphatic carbocycles. The first kappa shape index (κ1) is 15.3. The van der Waals surface area contributed by atoms with Crippen molar-refractivity contribution >= 4 is 0 Å². The molecule has 3 unspecified atom stereocenters. The lowest BCUT2D eigenvalue weighted by atomic mass is 9.86. The molecule has 0 aromatic rings. The minimum atomic E-state index is 0.395. The molecule has 1 N–H and O–H groups in total. The van der Waals surface area contributed by atoms with Gasteiger partial charge in [-0.05, 0) is 37.1 Å². The molecule has 2 rings (SSSR count). The highest BCUT2D eigenvalue weighted by molar-refractivity contribution is 4.88. The van der Waals surface area contributed by atoms with E-state index in [0.717, 1.165) is 32.1 Å². The van der Waals surface area contributed by atoms with Gasteiger partial charge < -0.3 is 10.1 Å². The summed E-state index contributed by atoms with van der Waals surface area (Å²) in [7, 11) is 0. The van der Waals surface area contributed by atoms with Crippen molar-refractivity contribution in [3.05, 3.63) is 0 Å². The molecule has 0 aromatic heterocycles. The smallest absolute Gasteiger partial charge is 0.0707 e. The minimum Gasteiger partial charge on any atom is -0.372 e. The summed E-state index contributed by atoms with van der Waals surface area (Å²) in [6.45, 7) is 15.1. The fraction of sp³-hybridized carbons (Fsp3) is 1.00. The second kappa shape index (κ2) is 6.55. The zero-order chi connectivity index (χ0) is 13.9. The third kappa shape index (κ3) is 4.44. The van der Waals surface area contributed by atoms with Crippen molar-refractivity contribution in [2.24, 2.45) is 11.3 Å². The second-order valence-corrected chi connectivity index (χ2v) is 7.34. The molecule has 0 aromatic carbocycles. The van der Waals surface area contributed by atoms with Crippen LogP contribution in [0.5, 0.6) is 0 Å². The highest BCUT2D eigenvalue weighted by Crippen LogP contribution is 2.29. The average Bonchev–Trinajstić information content (AvgIpc) is 2.68. The molecule has 0 radical (unpaired) electrons. The summed E-state index contributed by atoms with van der Waals surface area (Å²) in [4.78, 5) is 2.65. The maximum atomic E-state index is 5.93. The third-order valence-electron chi connectivity index (χ3n) is 4.68. The van der Waals surface area contributed by atoms with Crippen LogP contribution in [0, 0.1) is 11.3 Å². The number of ether oxygens (including phenoxy) is 1. The lowest BCUT2D eigenvalue weighted by Crippen LogP contribution is -2.49. The SMILES string of the molecule is CCC(C)(CNCC(C)C)CN1CC2CCC(C1)O2. The van der Waals surface area contributed by atoms with E-state index < -0.39 is 0 Å². The summed E-state index contributed by atoms with van der Waals surface area (Å²) >= 11 is 0. The van der Waals surface area contributed by atoms with Gasteiger partial charge in [0.05, 0.1) is 12.2 Å². The second-order valence-electron chi connectivity index (χ2n) is 7.34. The van der Waals surface area contributed by atoms with Crippen molar-refractivity contribution in [2.45, 2.75) is 59.2 Å². The van der Waals surface area contributed by atoms with Gasteiger partial charge in [0.2, 0.25) is 0 Å². The zero-order valence-electron chi connectivity index (χ0n) is 13.2. The van der Waals surface area contributed by atoms with Gasteiger partial charge >= 0.3 is 0 Å². The van der Waals surface area contributed by atoms with E-state index in [1.54, 1.807) is 0 Å². The molecule has 2 aliphatic rings. The first-order chi connectivity index (χ1) is 9.00. The third-order valence-corrected chi connectivity index (χ3v) is 4.68. The van der Waals surface area contributed by atoms with Crippen molar-refractivity contribution in [2.75, 3.05) is 32.7 Å². The van der Waals surface area contributed by atoms with Gasteiger partial charge in [0, 0.05) is 26.2 Å². The van der Waals surface area contributed by atoms with Crippen LogP contribution in [-0.4, -0.2) is 49.8 Å². The van der Waals surface area contributed by atoms with Gasteiger partial charge in [-0.3, -0.25) is 4.90 Å². The first-order valence-electron chi connectivity index (χ1n) is 8.09. The predicted octanol–water partition coefficient (Wildman–Crippen LogP) is 2.51. The summed E-state index contributed by atoms with van der Waals surface area (Å²) in [6, 6.07) is 0. The minimum absolute atomic E-state index is 0.395. The quantitative estimate of drug-likeness (QED) is 0.768. The van der Waals surface area contributed by atoms with E-state index in [1.165, 1.54) is 25.8 Å². The molecule has 0 spiro atoms. The molecule has 2 bridgehead atoms. The zero-order valence-corrected chi connectivity index (χ0v) is 13.2. The van der Waals surface area contributed by atoms with Crippen LogP contribution in [0.25, 0.3) is 0 Å². The Kier molecular flexibility index (Phi) is 5.27. The highest BCUT2D eigenvalue weighted by atomic mass is 16.5. The van der Waals surface area contributed by atoms with E-state index >= 15 is 0 Å². The van der Waals surface area contributed by atoms with E-state index in [1.807, 2.05) is 0 Å². The maximum Gasteiger partial charge on any atom is 0.0707 e. The molecule has 3 atom stereocenters. The summed E-state index contributed by atoms with van der Waals surface area (Å²) < 4.78 is 5.93. The topological polar surface area (TPSA) is 24.5 Å². The molecule has 2 aliphatic heterocycles. The first-order valence-corrected chi connectivity index (χ1v) is 8.09. The molecule has 0 amide bonds. The standard InChI is InChI=1S/C16H32N2O/c1-5-16(4,11-17-8-13(2)3)12-18-9-14-6-7-15(10-18)19-14/h13-15,17H,5-12H2,1-4H3. The number of likely N-dealkylation sites (tertiary alicyclic amines) is 1. The van der Waals surface area contributed by atoms with Gasteiger partial charge in [-0.1, -0.05) is 27.7 Å². The molecular weight excluding hydrogens is 236 g/mol. The molecule has 112 valence electrons. The largest absolute Gasteiger partial charge is 0.372 e.